The van der Waals surface area contributed by atoms with Gasteiger partial charge >= 0.3 is 0 Å². The van der Waals surface area contributed by atoms with Gasteiger partial charge in [-0.2, -0.15) is 0 Å². The van der Waals surface area contributed by atoms with Crippen LogP contribution < -0.4 is 0 Å². The summed E-state index contributed by atoms with van der Waals surface area (Å²) in [7, 11) is 0. The van der Waals surface area contributed by atoms with Crippen LogP contribution in [0.15, 0.2) is 67.2 Å². The van der Waals surface area contributed by atoms with Gasteiger partial charge in [-0.3, -0.25) is 0 Å². The molecule has 0 bridgehead atoms. The summed E-state index contributed by atoms with van der Waals surface area (Å²) < 4.78 is 15.5. The van der Waals surface area contributed by atoms with Crippen LogP contribution in [0.5, 0.6) is 0 Å². The Morgan fingerprint density at radius 2 is 1.56 bits per heavy atom. The number of benzene rings is 2. The first kappa shape index (κ1) is 10.1. The van der Waals surface area contributed by atoms with Gasteiger partial charge in [-0.1, -0.05) is 81.0 Å². The van der Waals surface area contributed by atoms with E-state index in [4.69, 9.17) is 2.74 Å². The molecule has 2 aromatic rings. The summed E-state index contributed by atoms with van der Waals surface area (Å²) in [5.74, 6) is 0. The van der Waals surface area contributed by atoms with Crippen LogP contribution in [0.25, 0.3) is 5.57 Å². The molecule has 0 atom stereocenters. The zero-order valence-electron chi connectivity index (χ0n) is 13.0. The highest BCUT2D eigenvalue weighted by molar-refractivity contribution is 5.64. The largest absolute Gasteiger partial charge is 0.0952 e. The lowest BCUT2D eigenvalue weighted by Gasteiger charge is -2.26. The highest BCUT2D eigenvalue weighted by atomic mass is 14.3. The Hall–Kier alpha value is -1.82. The van der Waals surface area contributed by atoms with Crippen LogP contribution in [0.2, 0.25) is 0 Å². The van der Waals surface area contributed by atoms with Crippen molar-refractivity contribution in [2.45, 2.75) is 25.7 Å². The molecule has 0 aliphatic heterocycles. The van der Waals surface area contributed by atoms with Crippen molar-refractivity contribution in [3.05, 3.63) is 78.3 Å². The quantitative estimate of drug-likeness (QED) is 0.697. The Balaban J connectivity index is 2.33. The maximum atomic E-state index is 7.76. The van der Waals surface area contributed by atoms with Gasteiger partial charge < -0.3 is 0 Å². The van der Waals surface area contributed by atoms with E-state index >= 15 is 0 Å². The third-order valence-electron chi connectivity index (χ3n) is 3.30. The van der Waals surface area contributed by atoms with Crippen LogP contribution in [0.3, 0.4) is 0 Å². The Labute approximate surface area is 113 Å². The maximum absolute atomic E-state index is 7.76. The van der Waals surface area contributed by atoms with E-state index in [1.807, 2.05) is 48.5 Å². The molecule has 0 heterocycles. The van der Waals surface area contributed by atoms with Crippen molar-refractivity contribution in [2.24, 2.45) is 0 Å². The van der Waals surface area contributed by atoms with Gasteiger partial charge in [0.05, 0.1) is 2.74 Å². The fraction of sp³-hybridized carbons (Fsp3) is 0.222. The van der Waals surface area contributed by atoms with Gasteiger partial charge in [0, 0.05) is 0 Å². The fourth-order valence-corrected chi connectivity index (χ4v) is 2.17. The summed E-state index contributed by atoms with van der Waals surface area (Å²) in [6.07, 6.45) is 0.684. The second-order valence-electron chi connectivity index (χ2n) is 5.27. The van der Waals surface area contributed by atoms with E-state index in [-0.39, 0.29) is 11.9 Å². The summed E-state index contributed by atoms with van der Waals surface area (Å²) in [5, 5.41) is 0. The highest BCUT2D eigenvalue weighted by Gasteiger charge is 2.21. The predicted molar refractivity (Wildman–Crippen MR) is 79.6 cm³/mol. The van der Waals surface area contributed by atoms with Crippen LogP contribution in [-0.4, -0.2) is 0 Å². The van der Waals surface area contributed by atoms with Gasteiger partial charge in [0.15, 0.2) is 0 Å². The zero-order valence-corrected chi connectivity index (χ0v) is 11.0. The second kappa shape index (κ2) is 5.22. The van der Waals surface area contributed by atoms with Gasteiger partial charge in [-0.25, -0.2) is 0 Å². The molecule has 0 saturated heterocycles. The zero-order chi connectivity index (χ0) is 14.6. The first-order valence-electron chi connectivity index (χ1n) is 7.28. The van der Waals surface area contributed by atoms with Gasteiger partial charge in [0.25, 0.3) is 0 Å². The maximum Gasteiger partial charge on any atom is 0.0541 e. The predicted octanol–water partition coefficient (Wildman–Crippen LogP) is 5.07. The van der Waals surface area contributed by atoms with Crippen molar-refractivity contribution in [3.63, 3.8) is 0 Å². The van der Waals surface area contributed by atoms with Crippen molar-refractivity contribution in [1.29, 1.82) is 0 Å². The Morgan fingerprint density at radius 3 is 2.11 bits per heavy atom. The Kier molecular flexibility index (Phi) is 2.94. The van der Waals surface area contributed by atoms with Crippen molar-refractivity contribution >= 4 is 5.57 Å². The summed E-state index contributed by atoms with van der Waals surface area (Å²) in [6, 6.07) is 20.1. The molecule has 92 valence electrons. The fourth-order valence-electron chi connectivity index (χ4n) is 2.17. The molecule has 0 aliphatic rings. The minimum Gasteiger partial charge on any atom is -0.0952 e. The molecule has 0 fully saturated rings. The average molecular weight is 238 g/mol. The van der Waals surface area contributed by atoms with E-state index < -0.39 is 0 Å². The molecule has 0 aromatic heterocycles. The number of allylic oxidation sites excluding steroid dienone is 1. The van der Waals surface area contributed by atoms with E-state index in [1.54, 1.807) is 0 Å². The molecule has 0 unspecified atom stereocenters. The number of hydrogen-bond donors (Lipinski definition) is 0. The Bertz CT molecular complexity index is 579. The molecular formula is C18H20. The molecule has 2 aromatic carbocycles. The SMILES string of the molecule is [2H]C([2H])=C(CC(C)(C)c1ccccc1)c1ccccc1. The van der Waals surface area contributed by atoms with Crippen LogP contribution >= 0.6 is 0 Å². The molecule has 0 saturated carbocycles. The van der Waals surface area contributed by atoms with Crippen molar-refractivity contribution < 1.29 is 2.74 Å². The van der Waals surface area contributed by atoms with E-state index in [1.165, 1.54) is 5.56 Å². The van der Waals surface area contributed by atoms with E-state index in [9.17, 15) is 0 Å². The third-order valence-corrected chi connectivity index (χ3v) is 3.30. The summed E-state index contributed by atoms with van der Waals surface area (Å²) in [6.45, 7) is 4.22. The summed E-state index contributed by atoms with van der Waals surface area (Å²) in [5.41, 5.74) is 2.89. The topological polar surface area (TPSA) is 0 Å². The van der Waals surface area contributed by atoms with Crippen LogP contribution in [-0.2, 0) is 5.41 Å². The van der Waals surface area contributed by atoms with Crippen LogP contribution in [0.1, 0.15) is 34.1 Å². The van der Waals surface area contributed by atoms with Crippen molar-refractivity contribution in [2.75, 3.05) is 0 Å². The van der Waals surface area contributed by atoms with Crippen LogP contribution in [0.4, 0.5) is 0 Å². The molecule has 0 N–H and O–H groups in total. The monoisotopic (exact) mass is 238 g/mol. The molecule has 18 heavy (non-hydrogen) atoms. The molecule has 0 radical (unpaired) electrons. The number of hydrogen-bond acceptors (Lipinski definition) is 0. The number of rotatable bonds is 4. The molecule has 0 amide bonds. The highest BCUT2D eigenvalue weighted by Crippen LogP contribution is 2.33. The summed E-state index contributed by atoms with van der Waals surface area (Å²) >= 11 is 0. The van der Waals surface area contributed by atoms with E-state index in [2.05, 4.69) is 26.0 Å². The van der Waals surface area contributed by atoms with Gasteiger partial charge in [0.2, 0.25) is 0 Å². The van der Waals surface area contributed by atoms with Crippen molar-refractivity contribution in [1.82, 2.24) is 0 Å². The van der Waals surface area contributed by atoms with Gasteiger partial charge in [-0.05, 0) is 28.5 Å². The van der Waals surface area contributed by atoms with E-state index in [0.717, 1.165) is 11.1 Å². The summed E-state index contributed by atoms with van der Waals surface area (Å²) in [4.78, 5) is 0. The average Bonchev–Trinajstić information content (AvgIpc) is 2.46. The normalized spacial score (nSPS) is 12.6. The minimum absolute atomic E-state index is 0.0970. The smallest absolute Gasteiger partial charge is 0.0541 e. The molecule has 0 spiro atoms. The van der Waals surface area contributed by atoms with Crippen molar-refractivity contribution in [3.8, 4) is 0 Å². The molecular weight excluding hydrogens is 216 g/mol. The Morgan fingerprint density at radius 1 is 1.00 bits per heavy atom. The molecule has 0 aliphatic carbocycles. The van der Waals surface area contributed by atoms with E-state index in [0.29, 0.717) is 6.42 Å². The minimum atomic E-state index is -0.0974. The first-order chi connectivity index (χ1) is 9.50. The second-order valence-corrected chi connectivity index (χ2v) is 5.27. The molecule has 0 heteroatoms. The van der Waals surface area contributed by atoms with Gasteiger partial charge in [0.1, 0.15) is 0 Å². The lowest BCUT2D eigenvalue weighted by Crippen LogP contribution is -2.17. The lowest BCUT2D eigenvalue weighted by molar-refractivity contribution is 0.542. The lowest BCUT2D eigenvalue weighted by atomic mass is 9.78. The van der Waals surface area contributed by atoms with Gasteiger partial charge in [-0.15, -0.1) is 0 Å². The third kappa shape index (κ3) is 2.89. The standard InChI is InChI=1S/C18H20/c1-15(16-10-6-4-7-11-16)14-18(2,3)17-12-8-5-9-13-17/h4-13H,1,14H2,2-3H3/i1D2. The molecule has 0 nitrogen and oxygen atoms in total. The first-order valence-corrected chi connectivity index (χ1v) is 6.28. The molecule has 2 rings (SSSR count). The van der Waals surface area contributed by atoms with Crippen LogP contribution in [0, 0.1) is 0 Å².